The third-order valence-corrected chi connectivity index (χ3v) is 4.50. The maximum Gasteiger partial charge on any atom is 0.226 e. The van der Waals surface area contributed by atoms with Crippen molar-refractivity contribution in [3.05, 3.63) is 64.6 Å². The lowest BCUT2D eigenvalue weighted by Gasteiger charge is -2.13. The number of thiazole rings is 1. The molecule has 0 fully saturated rings. The molecule has 1 atom stereocenters. The quantitative estimate of drug-likeness (QED) is 0.752. The molecule has 0 aliphatic rings. The van der Waals surface area contributed by atoms with Crippen molar-refractivity contribution in [2.45, 2.75) is 26.3 Å². The van der Waals surface area contributed by atoms with Crippen LogP contribution in [0.1, 0.15) is 30.0 Å². The first-order valence-electron chi connectivity index (χ1n) is 7.57. The number of nitrogens with one attached hydrogen (secondary N) is 1. The van der Waals surface area contributed by atoms with E-state index in [1.807, 2.05) is 31.4 Å². The minimum absolute atomic E-state index is 0.126. The van der Waals surface area contributed by atoms with Gasteiger partial charge in [-0.2, -0.15) is 0 Å². The monoisotopic (exact) mass is 344 g/mol. The van der Waals surface area contributed by atoms with E-state index >= 15 is 0 Å². The normalized spacial score (nSPS) is 12.1. The molecule has 0 spiro atoms. The lowest BCUT2D eigenvalue weighted by atomic mass is 10.1. The van der Waals surface area contributed by atoms with Gasteiger partial charge in [0.1, 0.15) is 11.6 Å². The molecule has 3 rings (SSSR count). The summed E-state index contributed by atoms with van der Waals surface area (Å²) in [6.07, 6.45) is 0.196. The van der Waals surface area contributed by atoms with Gasteiger partial charge in [-0.15, -0.1) is 11.3 Å². The molecule has 1 aromatic carbocycles. The van der Waals surface area contributed by atoms with Crippen molar-refractivity contribution in [2.75, 3.05) is 0 Å². The number of benzene rings is 1. The molecule has 0 bridgehead atoms. The van der Waals surface area contributed by atoms with Crippen LogP contribution in [0, 0.1) is 12.7 Å². The van der Waals surface area contributed by atoms with Gasteiger partial charge in [-0.1, -0.05) is 12.1 Å². The lowest BCUT2D eigenvalue weighted by Crippen LogP contribution is -2.28. The molecule has 124 valence electrons. The molecule has 0 saturated carbocycles. The molecule has 1 amide bonds. The van der Waals surface area contributed by atoms with Crippen molar-refractivity contribution < 1.29 is 13.6 Å². The number of aryl methyl sites for hydroxylation is 1. The highest BCUT2D eigenvalue weighted by molar-refractivity contribution is 7.13. The Morgan fingerprint density at radius 1 is 1.29 bits per heavy atom. The van der Waals surface area contributed by atoms with Crippen LogP contribution in [0.4, 0.5) is 4.39 Å². The highest BCUT2D eigenvalue weighted by Gasteiger charge is 2.14. The third kappa shape index (κ3) is 3.89. The first-order chi connectivity index (χ1) is 11.5. The zero-order chi connectivity index (χ0) is 17.1. The van der Waals surface area contributed by atoms with Crippen molar-refractivity contribution in [1.29, 1.82) is 0 Å². The highest BCUT2D eigenvalue weighted by Crippen LogP contribution is 2.25. The zero-order valence-electron chi connectivity index (χ0n) is 13.4. The SMILES string of the molecule is Cc1ccc(-c2nc(CC(=O)NC(C)c3ccc(F)cc3)cs2)o1. The zero-order valence-corrected chi connectivity index (χ0v) is 14.2. The number of aromatic nitrogens is 1. The molecule has 4 nitrogen and oxygen atoms in total. The van der Waals surface area contributed by atoms with Gasteiger partial charge in [-0.25, -0.2) is 9.37 Å². The summed E-state index contributed by atoms with van der Waals surface area (Å²) >= 11 is 1.45. The number of furan rings is 1. The Balaban J connectivity index is 1.60. The molecule has 0 saturated heterocycles. The molecular weight excluding hydrogens is 327 g/mol. The van der Waals surface area contributed by atoms with E-state index in [-0.39, 0.29) is 24.2 Å². The van der Waals surface area contributed by atoms with Gasteiger partial charge >= 0.3 is 0 Å². The van der Waals surface area contributed by atoms with E-state index in [1.54, 1.807) is 12.1 Å². The average molecular weight is 344 g/mol. The predicted molar refractivity (Wildman–Crippen MR) is 91.2 cm³/mol. The predicted octanol–water partition coefficient (Wildman–Crippen LogP) is 4.27. The first-order valence-corrected chi connectivity index (χ1v) is 8.45. The summed E-state index contributed by atoms with van der Waals surface area (Å²) in [5.41, 5.74) is 1.56. The summed E-state index contributed by atoms with van der Waals surface area (Å²) in [5, 5.41) is 5.52. The molecule has 2 aromatic heterocycles. The number of hydrogen-bond donors (Lipinski definition) is 1. The van der Waals surface area contributed by atoms with Crippen molar-refractivity contribution >= 4 is 17.2 Å². The van der Waals surface area contributed by atoms with Crippen LogP contribution in [0.15, 0.2) is 46.2 Å². The Labute approximate surface area is 143 Å². The Hall–Kier alpha value is -2.47. The average Bonchev–Trinajstić information content (AvgIpc) is 3.16. The minimum atomic E-state index is -0.291. The number of carbonyl (C=O) groups excluding carboxylic acids is 1. The van der Waals surface area contributed by atoms with Crippen LogP contribution in [-0.4, -0.2) is 10.9 Å². The molecule has 1 N–H and O–H groups in total. The molecule has 2 heterocycles. The van der Waals surface area contributed by atoms with Gasteiger partial charge in [0, 0.05) is 5.38 Å². The summed E-state index contributed by atoms with van der Waals surface area (Å²) in [4.78, 5) is 16.6. The Morgan fingerprint density at radius 2 is 2.04 bits per heavy atom. The van der Waals surface area contributed by atoms with E-state index in [0.29, 0.717) is 11.5 Å². The van der Waals surface area contributed by atoms with Gasteiger partial charge in [-0.3, -0.25) is 4.79 Å². The maximum absolute atomic E-state index is 12.9. The minimum Gasteiger partial charge on any atom is -0.459 e. The number of amides is 1. The van der Waals surface area contributed by atoms with Crippen molar-refractivity contribution in [3.63, 3.8) is 0 Å². The molecule has 0 aliphatic carbocycles. The Morgan fingerprint density at radius 3 is 2.71 bits per heavy atom. The fourth-order valence-corrected chi connectivity index (χ4v) is 3.12. The summed E-state index contributed by atoms with van der Waals surface area (Å²) < 4.78 is 18.5. The summed E-state index contributed by atoms with van der Waals surface area (Å²) in [6, 6.07) is 9.67. The van der Waals surface area contributed by atoms with E-state index in [2.05, 4.69) is 10.3 Å². The van der Waals surface area contributed by atoms with Crippen LogP contribution in [0.3, 0.4) is 0 Å². The van der Waals surface area contributed by atoms with E-state index in [0.717, 1.165) is 16.3 Å². The second-order valence-electron chi connectivity index (χ2n) is 5.57. The van der Waals surface area contributed by atoms with Crippen LogP contribution < -0.4 is 5.32 Å². The van der Waals surface area contributed by atoms with Gasteiger partial charge in [0.25, 0.3) is 0 Å². The molecule has 24 heavy (non-hydrogen) atoms. The van der Waals surface area contributed by atoms with Gasteiger partial charge in [0.2, 0.25) is 5.91 Å². The van der Waals surface area contributed by atoms with Gasteiger partial charge in [0.15, 0.2) is 10.8 Å². The second kappa shape index (κ2) is 6.97. The smallest absolute Gasteiger partial charge is 0.226 e. The van der Waals surface area contributed by atoms with Crippen molar-refractivity contribution in [2.24, 2.45) is 0 Å². The first kappa shape index (κ1) is 16.4. The molecular formula is C18H17FN2O2S. The third-order valence-electron chi connectivity index (χ3n) is 3.59. The fraction of sp³-hybridized carbons (Fsp3) is 0.222. The standard InChI is InChI=1S/C18H17FN2O2S/c1-11-3-8-16(23-11)18-21-15(10-24-18)9-17(22)20-12(2)13-4-6-14(19)7-5-13/h3-8,10,12H,9H2,1-2H3,(H,20,22). The molecule has 3 aromatic rings. The van der Waals surface area contributed by atoms with Crippen molar-refractivity contribution in [3.8, 4) is 10.8 Å². The Bertz CT molecular complexity index is 839. The molecule has 0 radical (unpaired) electrons. The Kier molecular flexibility index (Phi) is 4.76. The van der Waals surface area contributed by atoms with Gasteiger partial charge in [-0.05, 0) is 43.7 Å². The topological polar surface area (TPSA) is 55.1 Å². The van der Waals surface area contributed by atoms with Crippen molar-refractivity contribution in [1.82, 2.24) is 10.3 Å². The number of rotatable bonds is 5. The number of hydrogen-bond acceptors (Lipinski definition) is 4. The van der Waals surface area contributed by atoms with Gasteiger partial charge < -0.3 is 9.73 Å². The lowest BCUT2D eigenvalue weighted by molar-refractivity contribution is -0.121. The van der Waals surface area contributed by atoms with Crippen LogP contribution >= 0.6 is 11.3 Å². The van der Waals surface area contributed by atoms with E-state index < -0.39 is 0 Å². The second-order valence-corrected chi connectivity index (χ2v) is 6.43. The molecule has 1 unspecified atom stereocenters. The van der Waals surface area contributed by atoms with Crippen LogP contribution in [-0.2, 0) is 11.2 Å². The van der Waals surface area contributed by atoms with Gasteiger partial charge in [0.05, 0.1) is 18.2 Å². The van der Waals surface area contributed by atoms with E-state index in [1.165, 1.54) is 23.5 Å². The molecule has 0 aliphatic heterocycles. The highest BCUT2D eigenvalue weighted by atomic mass is 32.1. The van der Waals surface area contributed by atoms with Crippen LogP contribution in [0.25, 0.3) is 10.8 Å². The largest absolute Gasteiger partial charge is 0.459 e. The van der Waals surface area contributed by atoms with Crippen LogP contribution in [0.5, 0.6) is 0 Å². The summed E-state index contributed by atoms with van der Waals surface area (Å²) in [6.45, 7) is 3.74. The summed E-state index contributed by atoms with van der Waals surface area (Å²) in [5.74, 6) is 1.12. The molecule has 6 heteroatoms. The number of halogens is 1. The van der Waals surface area contributed by atoms with Crippen LogP contribution in [0.2, 0.25) is 0 Å². The maximum atomic E-state index is 12.9. The van der Waals surface area contributed by atoms with E-state index in [9.17, 15) is 9.18 Å². The van der Waals surface area contributed by atoms with E-state index in [4.69, 9.17) is 4.42 Å². The number of nitrogens with zero attached hydrogens (tertiary/aromatic N) is 1. The summed E-state index contributed by atoms with van der Waals surface area (Å²) in [7, 11) is 0. The fourth-order valence-electron chi connectivity index (χ4n) is 2.34. The number of carbonyl (C=O) groups is 1.